The number of amides is 1. The van der Waals surface area contributed by atoms with Gasteiger partial charge in [-0.3, -0.25) is 4.79 Å². The Balaban J connectivity index is 2.50. The molecule has 0 spiro atoms. The molecule has 0 bridgehead atoms. The third-order valence-corrected chi connectivity index (χ3v) is 3.31. The molecule has 0 aliphatic heterocycles. The van der Waals surface area contributed by atoms with Crippen LogP contribution in [0.2, 0.25) is 0 Å². The van der Waals surface area contributed by atoms with Crippen LogP contribution in [0.15, 0.2) is 30.3 Å². The number of carbonyl (C=O) groups is 2. The molecular formula is C17H25NO5. The molecule has 1 rings (SSSR count). The molecule has 2 atom stereocenters. The van der Waals surface area contributed by atoms with Crippen LogP contribution in [0.25, 0.3) is 0 Å². The summed E-state index contributed by atoms with van der Waals surface area (Å²) in [6, 6.07) is 8.70. The van der Waals surface area contributed by atoms with Crippen molar-refractivity contribution < 1.29 is 24.2 Å². The molecule has 0 radical (unpaired) electrons. The van der Waals surface area contributed by atoms with Crippen LogP contribution >= 0.6 is 0 Å². The largest absolute Gasteiger partial charge is 0.466 e. The Kier molecular flexibility index (Phi) is 8.11. The van der Waals surface area contributed by atoms with E-state index >= 15 is 0 Å². The number of carbonyl (C=O) groups excluding carboxylic acids is 2. The number of esters is 1. The van der Waals surface area contributed by atoms with E-state index < -0.39 is 24.2 Å². The van der Waals surface area contributed by atoms with Crippen molar-refractivity contribution in [1.82, 2.24) is 5.32 Å². The van der Waals surface area contributed by atoms with Gasteiger partial charge in [-0.15, -0.1) is 0 Å². The van der Waals surface area contributed by atoms with Crippen LogP contribution in [0, 0.1) is 5.92 Å². The van der Waals surface area contributed by atoms with Gasteiger partial charge < -0.3 is 19.9 Å². The predicted octanol–water partition coefficient (Wildman–Crippen LogP) is 2.25. The van der Waals surface area contributed by atoms with Crippen molar-refractivity contribution in [1.29, 1.82) is 0 Å². The zero-order valence-electron chi connectivity index (χ0n) is 13.8. The summed E-state index contributed by atoms with van der Waals surface area (Å²) in [6.07, 6.45) is -1.83. The van der Waals surface area contributed by atoms with Crippen LogP contribution in [0.3, 0.4) is 0 Å². The summed E-state index contributed by atoms with van der Waals surface area (Å²) >= 11 is 0. The Hall–Kier alpha value is -2.08. The summed E-state index contributed by atoms with van der Waals surface area (Å²) in [5.41, 5.74) is 0.871. The van der Waals surface area contributed by atoms with E-state index in [1.54, 1.807) is 6.92 Å². The van der Waals surface area contributed by atoms with Gasteiger partial charge in [-0.05, 0) is 18.4 Å². The third-order valence-electron chi connectivity index (χ3n) is 3.31. The number of alkyl carbamates (subject to hydrolysis) is 1. The van der Waals surface area contributed by atoms with Gasteiger partial charge in [0.05, 0.1) is 25.2 Å². The molecule has 1 aromatic carbocycles. The SMILES string of the molecule is CCOC(=O)C[C@H](O)[C@@H](NC(=O)OCc1ccccc1)C(C)C. The average molecular weight is 323 g/mol. The Morgan fingerprint density at radius 1 is 1.17 bits per heavy atom. The van der Waals surface area contributed by atoms with Crippen LogP contribution in [-0.4, -0.2) is 35.9 Å². The second-order valence-electron chi connectivity index (χ2n) is 5.55. The fourth-order valence-electron chi connectivity index (χ4n) is 2.13. The molecule has 6 heteroatoms. The number of rotatable bonds is 8. The molecule has 0 aromatic heterocycles. The highest BCUT2D eigenvalue weighted by Crippen LogP contribution is 2.11. The molecule has 0 saturated heterocycles. The number of hydrogen-bond acceptors (Lipinski definition) is 5. The first-order valence-electron chi connectivity index (χ1n) is 7.75. The molecule has 1 amide bonds. The molecule has 6 nitrogen and oxygen atoms in total. The second-order valence-corrected chi connectivity index (χ2v) is 5.55. The first-order valence-corrected chi connectivity index (χ1v) is 7.75. The summed E-state index contributed by atoms with van der Waals surface area (Å²) in [5, 5.41) is 12.8. The number of aliphatic hydroxyl groups excluding tert-OH is 1. The normalized spacial score (nSPS) is 13.3. The van der Waals surface area contributed by atoms with Gasteiger partial charge >= 0.3 is 12.1 Å². The topological polar surface area (TPSA) is 84.9 Å². The minimum Gasteiger partial charge on any atom is -0.466 e. The molecule has 23 heavy (non-hydrogen) atoms. The van der Waals surface area contributed by atoms with Crippen LogP contribution in [0.5, 0.6) is 0 Å². The van der Waals surface area contributed by atoms with Crippen LogP contribution < -0.4 is 5.32 Å². The lowest BCUT2D eigenvalue weighted by atomic mass is 9.96. The van der Waals surface area contributed by atoms with Crippen molar-refractivity contribution in [3.05, 3.63) is 35.9 Å². The molecule has 0 saturated carbocycles. The molecular weight excluding hydrogens is 298 g/mol. The molecule has 128 valence electrons. The van der Waals surface area contributed by atoms with E-state index in [-0.39, 0.29) is 25.6 Å². The van der Waals surface area contributed by atoms with E-state index in [9.17, 15) is 14.7 Å². The monoisotopic (exact) mass is 323 g/mol. The van der Waals surface area contributed by atoms with Gasteiger partial charge in [-0.2, -0.15) is 0 Å². The second kappa shape index (κ2) is 9.84. The quantitative estimate of drug-likeness (QED) is 0.717. The fourth-order valence-corrected chi connectivity index (χ4v) is 2.13. The lowest BCUT2D eigenvalue weighted by Crippen LogP contribution is -2.47. The van der Waals surface area contributed by atoms with Gasteiger partial charge in [0.2, 0.25) is 0 Å². The van der Waals surface area contributed by atoms with Gasteiger partial charge in [-0.25, -0.2) is 4.79 Å². The minimum atomic E-state index is -1.03. The van der Waals surface area contributed by atoms with Crippen molar-refractivity contribution >= 4 is 12.1 Å². The van der Waals surface area contributed by atoms with Crippen LogP contribution in [-0.2, 0) is 20.9 Å². The number of benzene rings is 1. The van der Waals surface area contributed by atoms with E-state index in [1.165, 1.54) is 0 Å². The molecule has 0 fully saturated rings. The van der Waals surface area contributed by atoms with Gasteiger partial charge in [0.25, 0.3) is 0 Å². The Labute approximate surface area is 136 Å². The molecule has 0 aliphatic rings. The zero-order valence-corrected chi connectivity index (χ0v) is 13.8. The average Bonchev–Trinajstić information content (AvgIpc) is 2.51. The van der Waals surface area contributed by atoms with Crippen molar-refractivity contribution in [2.75, 3.05) is 6.61 Å². The summed E-state index contributed by atoms with van der Waals surface area (Å²) in [4.78, 5) is 23.3. The maximum Gasteiger partial charge on any atom is 0.407 e. The van der Waals surface area contributed by atoms with E-state index in [2.05, 4.69) is 5.32 Å². The lowest BCUT2D eigenvalue weighted by molar-refractivity contribution is -0.145. The van der Waals surface area contributed by atoms with Crippen molar-refractivity contribution in [2.45, 2.75) is 45.9 Å². The van der Waals surface area contributed by atoms with Gasteiger partial charge in [0, 0.05) is 0 Å². The molecule has 0 aliphatic carbocycles. The highest BCUT2D eigenvalue weighted by molar-refractivity contribution is 5.71. The summed E-state index contributed by atoms with van der Waals surface area (Å²) in [6.45, 7) is 5.78. The summed E-state index contributed by atoms with van der Waals surface area (Å²) in [7, 11) is 0. The Morgan fingerprint density at radius 2 is 1.83 bits per heavy atom. The standard InChI is InChI=1S/C17H25NO5/c1-4-22-15(20)10-14(19)16(12(2)3)18-17(21)23-11-13-8-6-5-7-9-13/h5-9,12,14,16,19H,4,10-11H2,1-3H3,(H,18,21)/t14-,16-/m0/s1. The van der Waals surface area contributed by atoms with Gasteiger partial charge in [0.15, 0.2) is 0 Å². The maximum absolute atomic E-state index is 11.9. The Morgan fingerprint density at radius 3 is 2.39 bits per heavy atom. The molecule has 0 unspecified atom stereocenters. The highest BCUT2D eigenvalue weighted by Gasteiger charge is 2.27. The number of hydrogen-bond donors (Lipinski definition) is 2. The van der Waals surface area contributed by atoms with Crippen molar-refractivity contribution in [3.63, 3.8) is 0 Å². The third kappa shape index (κ3) is 7.15. The first kappa shape index (κ1) is 19.0. The van der Waals surface area contributed by atoms with Crippen LogP contribution in [0.4, 0.5) is 4.79 Å². The Bertz CT molecular complexity index is 489. The van der Waals surface area contributed by atoms with Gasteiger partial charge in [0.1, 0.15) is 6.61 Å². The number of ether oxygens (including phenoxy) is 2. The smallest absolute Gasteiger partial charge is 0.407 e. The number of aliphatic hydroxyl groups is 1. The maximum atomic E-state index is 11.9. The molecule has 0 heterocycles. The van der Waals surface area contributed by atoms with E-state index in [1.807, 2.05) is 44.2 Å². The number of nitrogens with one attached hydrogen (secondary N) is 1. The zero-order chi connectivity index (χ0) is 17.2. The van der Waals surface area contributed by atoms with Crippen molar-refractivity contribution in [3.8, 4) is 0 Å². The van der Waals surface area contributed by atoms with Crippen LogP contribution in [0.1, 0.15) is 32.8 Å². The van der Waals surface area contributed by atoms with Crippen molar-refractivity contribution in [2.24, 2.45) is 5.92 Å². The highest BCUT2D eigenvalue weighted by atomic mass is 16.5. The lowest BCUT2D eigenvalue weighted by Gasteiger charge is -2.26. The molecule has 2 N–H and O–H groups in total. The summed E-state index contributed by atoms with van der Waals surface area (Å²) in [5.74, 6) is -0.561. The predicted molar refractivity (Wildman–Crippen MR) is 85.6 cm³/mol. The van der Waals surface area contributed by atoms with E-state index in [0.29, 0.717) is 0 Å². The van der Waals surface area contributed by atoms with E-state index in [4.69, 9.17) is 9.47 Å². The minimum absolute atomic E-state index is 0.0660. The summed E-state index contributed by atoms with van der Waals surface area (Å²) < 4.78 is 9.94. The first-order chi connectivity index (χ1) is 10.9. The van der Waals surface area contributed by atoms with Gasteiger partial charge in [-0.1, -0.05) is 44.2 Å². The fraction of sp³-hybridized carbons (Fsp3) is 0.529. The van der Waals surface area contributed by atoms with E-state index in [0.717, 1.165) is 5.56 Å². The molecule has 1 aromatic rings.